The number of amides is 2. The highest BCUT2D eigenvalue weighted by Gasteiger charge is 2.33. The molecule has 3 aliphatic rings. The second-order valence-electron chi connectivity index (χ2n) is 14.6. The van der Waals surface area contributed by atoms with E-state index < -0.39 is 23.1 Å². The summed E-state index contributed by atoms with van der Waals surface area (Å²) in [5.41, 5.74) is 0.418. The van der Waals surface area contributed by atoms with Gasteiger partial charge in [0.1, 0.15) is 17.0 Å². The van der Waals surface area contributed by atoms with Gasteiger partial charge in [0.15, 0.2) is 17.3 Å². The summed E-state index contributed by atoms with van der Waals surface area (Å²) in [6.45, 7) is 7.80. The number of rotatable bonds is 11. The quantitative estimate of drug-likeness (QED) is 0.288. The third-order valence-corrected chi connectivity index (χ3v) is 11.0. The molecule has 1 saturated heterocycles. The summed E-state index contributed by atoms with van der Waals surface area (Å²) >= 11 is 0. The first-order chi connectivity index (χ1) is 24.5. The Bertz CT molecular complexity index is 1660. The van der Waals surface area contributed by atoms with Gasteiger partial charge < -0.3 is 30.2 Å². The average molecular weight is 713 g/mol. The van der Waals surface area contributed by atoms with Crippen LogP contribution in [-0.4, -0.2) is 124 Å². The molecule has 2 aliphatic carbocycles. The third kappa shape index (κ3) is 8.57. The number of nitrogens with zero attached hydrogens (tertiary/aromatic N) is 8. The molecule has 278 valence electrons. The SMILES string of the molecule is CCN(C)CCN(C)C(=O)[C@H]1CC[C@@H](n2c(Nc3c(F)cc(F)cc3F)nc3cnc(N[C@H]4CC[C@H](C(=O)N5CCN(C)CC5)CC4)nc32)CC1. The number of likely N-dealkylation sites (N-methyl/N-ethyl adjacent to an activating group) is 3. The zero-order valence-corrected chi connectivity index (χ0v) is 30.2. The number of carbonyl (C=O) groups excluding carboxylic acids is 2. The second-order valence-corrected chi connectivity index (χ2v) is 14.6. The van der Waals surface area contributed by atoms with Crippen molar-refractivity contribution in [3.63, 3.8) is 0 Å². The molecule has 0 atom stereocenters. The lowest BCUT2D eigenvalue weighted by Crippen LogP contribution is -2.49. The number of hydrogen-bond acceptors (Lipinski definition) is 9. The van der Waals surface area contributed by atoms with Crippen molar-refractivity contribution in [3.8, 4) is 0 Å². The van der Waals surface area contributed by atoms with Gasteiger partial charge >= 0.3 is 0 Å². The predicted octanol–water partition coefficient (Wildman–Crippen LogP) is 4.87. The van der Waals surface area contributed by atoms with Crippen LogP contribution in [0.2, 0.25) is 0 Å². The van der Waals surface area contributed by atoms with Gasteiger partial charge in [-0.15, -0.1) is 0 Å². The van der Waals surface area contributed by atoms with Gasteiger partial charge in [-0.2, -0.15) is 4.98 Å². The lowest BCUT2D eigenvalue weighted by Gasteiger charge is -2.36. The monoisotopic (exact) mass is 712 g/mol. The highest BCUT2D eigenvalue weighted by molar-refractivity contribution is 5.80. The topological polar surface area (TPSA) is 115 Å². The zero-order chi connectivity index (χ0) is 36.2. The molecule has 2 saturated carbocycles. The van der Waals surface area contributed by atoms with Crippen LogP contribution >= 0.6 is 0 Å². The fourth-order valence-corrected chi connectivity index (χ4v) is 7.60. The van der Waals surface area contributed by atoms with E-state index in [2.05, 4.69) is 44.4 Å². The molecule has 2 N–H and O–H groups in total. The van der Waals surface area contributed by atoms with E-state index in [1.165, 1.54) is 0 Å². The molecule has 3 fully saturated rings. The Morgan fingerprint density at radius 3 is 2.18 bits per heavy atom. The van der Waals surface area contributed by atoms with E-state index in [0.29, 0.717) is 61.5 Å². The van der Waals surface area contributed by atoms with E-state index >= 15 is 0 Å². The van der Waals surface area contributed by atoms with Crippen LogP contribution in [0.15, 0.2) is 18.3 Å². The molecule has 0 radical (unpaired) electrons. The lowest BCUT2D eigenvalue weighted by molar-refractivity contribution is -0.138. The minimum atomic E-state index is -1.08. The summed E-state index contributed by atoms with van der Waals surface area (Å²) in [5, 5.41) is 6.24. The number of benzene rings is 1. The number of aromatic nitrogens is 4. The van der Waals surface area contributed by atoms with E-state index in [9.17, 15) is 22.8 Å². The Kier molecular flexibility index (Phi) is 11.6. The molecule has 2 aromatic heterocycles. The van der Waals surface area contributed by atoms with E-state index in [1.807, 2.05) is 23.6 Å². The van der Waals surface area contributed by atoms with Gasteiger partial charge in [0, 0.05) is 82.4 Å². The average Bonchev–Trinajstić information content (AvgIpc) is 3.49. The van der Waals surface area contributed by atoms with E-state index in [-0.39, 0.29) is 41.7 Å². The third-order valence-electron chi connectivity index (χ3n) is 11.0. The molecule has 0 spiro atoms. The number of piperazine rings is 1. The molecular weight excluding hydrogens is 661 g/mol. The van der Waals surface area contributed by atoms with Crippen LogP contribution in [0, 0.1) is 29.3 Å². The Balaban J connectivity index is 1.18. The summed E-state index contributed by atoms with van der Waals surface area (Å²) in [4.78, 5) is 48.7. The van der Waals surface area contributed by atoms with Gasteiger partial charge in [0.2, 0.25) is 23.7 Å². The predicted molar refractivity (Wildman–Crippen MR) is 190 cm³/mol. The van der Waals surface area contributed by atoms with Gasteiger partial charge in [-0.1, -0.05) is 6.92 Å². The Morgan fingerprint density at radius 1 is 0.882 bits per heavy atom. The van der Waals surface area contributed by atoms with Crippen molar-refractivity contribution in [2.45, 2.75) is 70.4 Å². The molecule has 12 nitrogen and oxygen atoms in total. The number of imidazole rings is 1. The maximum absolute atomic E-state index is 14.8. The van der Waals surface area contributed by atoms with Crippen LogP contribution in [0.5, 0.6) is 0 Å². The van der Waals surface area contributed by atoms with Gasteiger partial charge in [-0.05, 0) is 72.0 Å². The van der Waals surface area contributed by atoms with Crippen LogP contribution < -0.4 is 10.6 Å². The van der Waals surface area contributed by atoms with Gasteiger partial charge in [-0.3, -0.25) is 14.2 Å². The highest BCUT2D eigenvalue weighted by atomic mass is 19.1. The standard InChI is InChI=1S/C36H51F3N10O2/c1-5-45(2)14-17-47(4)33(50)23-8-12-27(13-9-23)49-32-30(42-36(49)43-31-28(38)20-25(37)21-29(31)39)22-40-35(44-32)41-26-10-6-24(7-11-26)34(51)48-18-15-46(3)16-19-48/h20-24,26-27H,5-19H2,1-4H3,(H,42,43)(H,40,41,44)/t23-,24-,26-,27+. The van der Waals surface area contributed by atoms with Crippen molar-refractivity contribution in [1.29, 1.82) is 0 Å². The number of halogens is 3. The van der Waals surface area contributed by atoms with E-state index in [1.54, 1.807) is 11.1 Å². The molecule has 51 heavy (non-hydrogen) atoms. The van der Waals surface area contributed by atoms with Crippen molar-refractivity contribution in [2.24, 2.45) is 11.8 Å². The van der Waals surface area contributed by atoms with Crippen molar-refractivity contribution in [3.05, 3.63) is 35.8 Å². The van der Waals surface area contributed by atoms with Crippen molar-refractivity contribution in [2.75, 3.05) is 77.6 Å². The fourth-order valence-electron chi connectivity index (χ4n) is 7.60. The summed E-state index contributed by atoms with van der Waals surface area (Å²) in [6, 6.07) is 1.17. The largest absolute Gasteiger partial charge is 0.351 e. The van der Waals surface area contributed by atoms with Crippen molar-refractivity contribution >= 4 is 40.6 Å². The van der Waals surface area contributed by atoms with E-state index in [0.717, 1.165) is 65.0 Å². The molecule has 1 aliphatic heterocycles. The first-order valence-corrected chi connectivity index (χ1v) is 18.3. The highest BCUT2D eigenvalue weighted by Crippen LogP contribution is 2.38. The molecule has 15 heteroatoms. The number of fused-ring (bicyclic) bond motifs is 1. The Labute approximate surface area is 297 Å². The lowest BCUT2D eigenvalue weighted by atomic mass is 9.85. The minimum Gasteiger partial charge on any atom is -0.351 e. The molecule has 0 unspecified atom stereocenters. The molecule has 0 bridgehead atoms. The van der Waals surface area contributed by atoms with Crippen molar-refractivity contribution < 1.29 is 22.8 Å². The first kappa shape index (κ1) is 36.8. The first-order valence-electron chi connectivity index (χ1n) is 18.3. The second kappa shape index (κ2) is 16.1. The van der Waals surface area contributed by atoms with Crippen LogP contribution in [0.3, 0.4) is 0 Å². The van der Waals surface area contributed by atoms with Gasteiger partial charge in [0.25, 0.3) is 0 Å². The normalized spacial score (nSPS) is 23.1. The molecule has 2 amide bonds. The van der Waals surface area contributed by atoms with Crippen LogP contribution in [0.4, 0.5) is 30.8 Å². The van der Waals surface area contributed by atoms with Gasteiger partial charge in [0.05, 0.1) is 6.20 Å². The number of hydrogen-bond donors (Lipinski definition) is 2. The smallest absolute Gasteiger partial charge is 0.225 e. The molecule has 1 aromatic carbocycles. The zero-order valence-electron chi connectivity index (χ0n) is 30.2. The minimum absolute atomic E-state index is 0.0247. The summed E-state index contributed by atoms with van der Waals surface area (Å²) < 4.78 is 45.2. The number of carbonyl (C=O) groups is 2. The Morgan fingerprint density at radius 2 is 1.53 bits per heavy atom. The summed E-state index contributed by atoms with van der Waals surface area (Å²) in [6.07, 6.45) is 7.33. The fraction of sp³-hybridized carbons (Fsp3) is 0.639. The van der Waals surface area contributed by atoms with Crippen molar-refractivity contribution in [1.82, 2.24) is 39.1 Å². The molecule has 3 heterocycles. The van der Waals surface area contributed by atoms with Crippen LogP contribution in [0.1, 0.15) is 64.3 Å². The molecular formula is C36H51F3N10O2. The summed E-state index contributed by atoms with van der Waals surface area (Å²) in [7, 11) is 5.95. The maximum atomic E-state index is 14.8. The Hall–Kier alpha value is -3.98. The summed E-state index contributed by atoms with van der Waals surface area (Å²) in [5.74, 6) is -2.32. The van der Waals surface area contributed by atoms with Crippen LogP contribution in [-0.2, 0) is 9.59 Å². The van der Waals surface area contributed by atoms with Crippen LogP contribution in [0.25, 0.3) is 11.2 Å². The number of anilines is 3. The van der Waals surface area contributed by atoms with Gasteiger partial charge in [-0.25, -0.2) is 23.1 Å². The molecule has 3 aromatic rings. The maximum Gasteiger partial charge on any atom is 0.225 e. The molecule has 6 rings (SSSR count). The van der Waals surface area contributed by atoms with E-state index in [4.69, 9.17) is 4.98 Å². The number of nitrogens with one attached hydrogen (secondary N) is 2.